The molecule has 0 aliphatic carbocycles. The molecule has 0 amide bonds. The van der Waals surface area contributed by atoms with Crippen LogP contribution in [0.4, 0.5) is 17.1 Å². The van der Waals surface area contributed by atoms with E-state index < -0.39 is 0 Å². The second-order valence-electron chi connectivity index (χ2n) is 12.7. The minimum atomic E-state index is 0.963. The molecule has 1 aliphatic heterocycles. The molecule has 0 unspecified atom stereocenters. The number of benzene rings is 6. The van der Waals surface area contributed by atoms with Crippen molar-refractivity contribution in [2.45, 2.75) is 0 Å². The van der Waals surface area contributed by atoms with Crippen LogP contribution < -0.4 is 4.90 Å². The van der Waals surface area contributed by atoms with Crippen molar-refractivity contribution < 1.29 is 0 Å². The predicted octanol–water partition coefficient (Wildman–Crippen LogP) is 12.0. The van der Waals surface area contributed by atoms with Crippen LogP contribution in [-0.4, -0.2) is 14.5 Å². The fraction of sp³-hybridized carbons (Fsp3) is 0. The van der Waals surface area contributed by atoms with Gasteiger partial charge in [0.05, 0.1) is 28.3 Å². The summed E-state index contributed by atoms with van der Waals surface area (Å²) in [7, 11) is 0. The summed E-state index contributed by atoms with van der Waals surface area (Å²) in [6.07, 6.45) is 5.85. The SMILES string of the molecule is c1ccc(-c2cc(-c3nccc4ccccc34)cc(N3c4ccccc4-c4c(n(-c5ccccc5)c5ccccc45)-c4cnccc43)c2)cc1. The van der Waals surface area contributed by atoms with Gasteiger partial charge in [-0.2, -0.15) is 0 Å². The van der Waals surface area contributed by atoms with Crippen molar-refractivity contribution in [2.75, 3.05) is 4.90 Å². The first-order valence-electron chi connectivity index (χ1n) is 16.9. The van der Waals surface area contributed by atoms with E-state index in [2.05, 4.69) is 173 Å². The maximum atomic E-state index is 4.98. The van der Waals surface area contributed by atoms with Crippen LogP contribution in [0, 0.1) is 0 Å². The number of pyridine rings is 2. The quantitative estimate of drug-likeness (QED) is 0.192. The molecule has 3 aromatic heterocycles. The highest BCUT2D eigenvalue weighted by Gasteiger charge is 2.31. The average molecular weight is 639 g/mol. The van der Waals surface area contributed by atoms with Gasteiger partial charge in [0.1, 0.15) is 0 Å². The fourth-order valence-electron chi connectivity index (χ4n) is 7.69. The summed E-state index contributed by atoms with van der Waals surface area (Å²) in [4.78, 5) is 12.1. The minimum absolute atomic E-state index is 0.963. The Kier molecular flexibility index (Phi) is 6.46. The minimum Gasteiger partial charge on any atom is -0.309 e. The van der Waals surface area contributed by atoms with E-state index >= 15 is 0 Å². The van der Waals surface area contributed by atoms with Gasteiger partial charge in [0.2, 0.25) is 0 Å². The monoisotopic (exact) mass is 638 g/mol. The summed E-state index contributed by atoms with van der Waals surface area (Å²) < 4.78 is 2.40. The molecule has 0 atom stereocenters. The van der Waals surface area contributed by atoms with Crippen LogP contribution in [0.3, 0.4) is 0 Å². The van der Waals surface area contributed by atoms with Crippen LogP contribution in [0.15, 0.2) is 182 Å². The van der Waals surface area contributed by atoms with E-state index in [0.717, 1.165) is 67.3 Å². The molecular formula is C46H30N4. The Hall–Kier alpha value is -6.78. The third kappa shape index (κ3) is 4.39. The first kappa shape index (κ1) is 28.3. The second-order valence-corrected chi connectivity index (χ2v) is 12.7. The van der Waals surface area contributed by atoms with Crippen LogP contribution in [0.2, 0.25) is 0 Å². The number of fused-ring (bicyclic) bond motifs is 8. The van der Waals surface area contributed by atoms with Gasteiger partial charge in [0.25, 0.3) is 0 Å². The average Bonchev–Trinajstić information content (AvgIpc) is 3.47. The summed E-state index contributed by atoms with van der Waals surface area (Å²) in [5.74, 6) is 0. The first-order valence-corrected chi connectivity index (χ1v) is 16.9. The standard InChI is InChI=1S/C46H30N4/c1-3-13-31(14-4-1)33-27-34(45-37-18-8-7-15-32(37)23-26-48-45)29-36(28-33)49-41-21-11-9-19-38(41)44-39-20-10-12-22-42(39)50(35-16-5-2-6-17-35)46(44)40-30-47-25-24-43(40)49/h1-30H. The molecule has 6 aromatic carbocycles. The highest BCUT2D eigenvalue weighted by Crippen LogP contribution is 2.54. The van der Waals surface area contributed by atoms with Gasteiger partial charge >= 0.3 is 0 Å². The molecule has 1 aliphatic rings. The molecule has 4 nitrogen and oxygen atoms in total. The highest BCUT2D eigenvalue weighted by atomic mass is 15.2. The third-order valence-electron chi connectivity index (χ3n) is 9.83. The van der Waals surface area contributed by atoms with Crippen molar-refractivity contribution >= 4 is 38.7 Å². The van der Waals surface area contributed by atoms with Crippen LogP contribution >= 0.6 is 0 Å². The number of nitrogens with zero attached hydrogens (tertiary/aromatic N) is 4. The smallest absolute Gasteiger partial charge is 0.0781 e. The van der Waals surface area contributed by atoms with Gasteiger partial charge in [0.15, 0.2) is 0 Å². The first-order chi connectivity index (χ1) is 24.8. The summed E-state index contributed by atoms with van der Waals surface area (Å²) in [6, 6.07) is 58.4. The van der Waals surface area contributed by atoms with E-state index in [1.165, 1.54) is 21.9 Å². The molecule has 50 heavy (non-hydrogen) atoms. The Labute approximate surface area is 290 Å². The summed E-state index contributed by atoms with van der Waals surface area (Å²) in [6.45, 7) is 0. The Morgan fingerprint density at radius 1 is 0.460 bits per heavy atom. The molecule has 4 heteroatoms. The number of hydrogen-bond donors (Lipinski definition) is 0. The Morgan fingerprint density at radius 3 is 2.04 bits per heavy atom. The molecule has 0 fully saturated rings. The maximum Gasteiger partial charge on any atom is 0.0781 e. The largest absolute Gasteiger partial charge is 0.309 e. The van der Waals surface area contributed by atoms with Gasteiger partial charge < -0.3 is 9.47 Å². The molecule has 4 heterocycles. The zero-order chi connectivity index (χ0) is 33.0. The van der Waals surface area contributed by atoms with Crippen molar-refractivity contribution in [2.24, 2.45) is 0 Å². The predicted molar refractivity (Wildman–Crippen MR) is 206 cm³/mol. The number of anilines is 3. The molecule has 234 valence electrons. The normalized spacial score (nSPS) is 12.0. The van der Waals surface area contributed by atoms with E-state index in [1.807, 2.05) is 18.6 Å². The van der Waals surface area contributed by atoms with Crippen LogP contribution in [0.5, 0.6) is 0 Å². The lowest BCUT2D eigenvalue weighted by Crippen LogP contribution is -2.12. The van der Waals surface area contributed by atoms with Gasteiger partial charge in [-0.1, -0.05) is 109 Å². The zero-order valence-electron chi connectivity index (χ0n) is 27.1. The van der Waals surface area contributed by atoms with Gasteiger partial charge in [-0.05, 0) is 71.1 Å². The lowest BCUT2D eigenvalue weighted by atomic mass is 9.97. The maximum absolute atomic E-state index is 4.98. The van der Waals surface area contributed by atoms with E-state index in [1.54, 1.807) is 0 Å². The Balaban J connectivity index is 1.31. The summed E-state index contributed by atoms with van der Waals surface area (Å²) in [5.41, 5.74) is 14.4. The summed E-state index contributed by atoms with van der Waals surface area (Å²) >= 11 is 0. The van der Waals surface area contributed by atoms with Gasteiger partial charge in [0, 0.05) is 63.0 Å². The molecular weight excluding hydrogens is 609 g/mol. The third-order valence-corrected chi connectivity index (χ3v) is 9.83. The molecule has 9 aromatic rings. The van der Waals surface area contributed by atoms with Crippen LogP contribution in [-0.2, 0) is 0 Å². The molecule has 0 N–H and O–H groups in total. The van der Waals surface area contributed by atoms with E-state index in [0.29, 0.717) is 0 Å². The molecule has 0 saturated heterocycles. The number of hydrogen-bond acceptors (Lipinski definition) is 3. The van der Waals surface area contributed by atoms with Crippen molar-refractivity contribution in [1.82, 2.24) is 14.5 Å². The molecule has 0 spiro atoms. The molecule has 0 saturated carbocycles. The van der Waals surface area contributed by atoms with Crippen molar-refractivity contribution in [1.29, 1.82) is 0 Å². The lowest BCUT2D eigenvalue weighted by Gasteiger charge is -2.28. The van der Waals surface area contributed by atoms with Crippen LogP contribution in [0.1, 0.15) is 0 Å². The molecule has 0 bridgehead atoms. The second kappa shape index (κ2) is 11.4. The van der Waals surface area contributed by atoms with Gasteiger partial charge in [-0.25, -0.2) is 0 Å². The van der Waals surface area contributed by atoms with Crippen LogP contribution in [0.25, 0.3) is 72.1 Å². The van der Waals surface area contributed by atoms with Gasteiger partial charge in [-0.15, -0.1) is 0 Å². The molecule has 10 rings (SSSR count). The van der Waals surface area contributed by atoms with Gasteiger partial charge in [-0.3, -0.25) is 9.97 Å². The van der Waals surface area contributed by atoms with Crippen molar-refractivity contribution in [3.05, 3.63) is 182 Å². The number of rotatable bonds is 4. The van der Waals surface area contributed by atoms with Crippen molar-refractivity contribution in [3.63, 3.8) is 0 Å². The highest BCUT2D eigenvalue weighted by molar-refractivity contribution is 6.13. The molecule has 0 radical (unpaired) electrons. The van der Waals surface area contributed by atoms with E-state index in [-0.39, 0.29) is 0 Å². The Bertz CT molecular complexity index is 2710. The van der Waals surface area contributed by atoms with E-state index in [9.17, 15) is 0 Å². The lowest BCUT2D eigenvalue weighted by molar-refractivity contribution is 1.13. The number of para-hydroxylation sites is 3. The van der Waals surface area contributed by atoms with E-state index in [4.69, 9.17) is 9.97 Å². The summed E-state index contributed by atoms with van der Waals surface area (Å²) in [5, 5.41) is 3.50. The zero-order valence-corrected chi connectivity index (χ0v) is 27.1. The fourth-order valence-corrected chi connectivity index (χ4v) is 7.69. The number of aromatic nitrogens is 3. The Morgan fingerprint density at radius 2 is 1.16 bits per heavy atom. The topological polar surface area (TPSA) is 34.0 Å². The van der Waals surface area contributed by atoms with Crippen molar-refractivity contribution in [3.8, 4) is 50.5 Å².